The molecule has 0 saturated heterocycles. The van der Waals surface area contributed by atoms with Crippen LogP contribution in [-0.4, -0.2) is 18.3 Å². The minimum Gasteiger partial charge on any atom is -0.254 e. The lowest BCUT2D eigenvalue weighted by atomic mass is 10.7. The molecule has 0 aromatic heterocycles. The molecule has 1 heterocycles. The van der Waals surface area contributed by atoms with Crippen molar-refractivity contribution in [3.8, 4) is 0 Å². The first-order valence-electron chi connectivity index (χ1n) is 2.86. The van der Waals surface area contributed by atoms with Crippen LogP contribution in [0.5, 0.6) is 0 Å². The SMILES string of the molecule is C=CCON1C=CCN1. The van der Waals surface area contributed by atoms with E-state index in [9.17, 15) is 0 Å². The van der Waals surface area contributed by atoms with Crippen molar-refractivity contribution >= 4 is 0 Å². The van der Waals surface area contributed by atoms with Crippen LogP contribution in [0.2, 0.25) is 0 Å². The molecule has 1 rings (SSSR count). The number of hydroxylamine groups is 1. The minimum absolute atomic E-state index is 0.539. The Morgan fingerprint density at radius 1 is 1.89 bits per heavy atom. The van der Waals surface area contributed by atoms with Crippen molar-refractivity contribution in [2.45, 2.75) is 0 Å². The van der Waals surface area contributed by atoms with Gasteiger partial charge >= 0.3 is 0 Å². The van der Waals surface area contributed by atoms with E-state index in [-0.39, 0.29) is 0 Å². The second-order valence-corrected chi connectivity index (χ2v) is 1.66. The summed E-state index contributed by atoms with van der Waals surface area (Å²) < 4.78 is 0. The van der Waals surface area contributed by atoms with Crippen LogP contribution >= 0.6 is 0 Å². The average Bonchev–Trinajstić information content (AvgIpc) is 2.34. The smallest absolute Gasteiger partial charge is 0.0944 e. The Balaban J connectivity index is 2.12. The minimum atomic E-state index is 0.539. The zero-order chi connectivity index (χ0) is 6.53. The molecule has 0 amide bonds. The van der Waals surface area contributed by atoms with Crippen molar-refractivity contribution < 1.29 is 4.84 Å². The largest absolute Gasteiger partial charge is 0.254 e. The number of hydrogen-bond acceptors (Lipinski definition) is 3. The van der Waals surface area contributed by atoms with Gasteiger partial charge in [-0.05, 0) is 6.08 Å². The Morgan fingerprint density at radius 3 is 3.33 bits per heavy atom. The molecule has 3 heteroatoms. The van der Waals surface area contributed by atoms with Gasteiger partial charge in [-0.25, -0.2) is 5.43 Å². The van der Waals surface area contributed by atoms with Crippen LogP contribution in [-0.2, 0) is 4.84 Å². The fourth-order valence-electron chi connectivity index (χ4n) is 0.566. The Bertz CT molecular complexity index is 122. The molecule has 0 aromatic rings. The molecule has 50 valence electrons. The predicted octanol–water partition coefficient (Wildman–Crippen LogP) is 0.438. The molecule has 0 aliphatic carbocycles. The molecule has 0 spiro atoms. The quantitative estimate of drug-likeness (QED) is 0.555. The van der Waals surface area contributed by atoms with Crippen LogP contribution in [0.4, 0.5) is 0 Å². The van der Waals surface area contributed by atoms with Gasteiger partial charge in [0.05, 0.1) is 6.61 Å². The summed E-state index contributed by atoms with van der Waals surface area (Å²) in [7, 11) is 0. The van der Waals surface area contributed by atoms with Gasteiger partial charge in [-0.3, -0.25) is 4.84 Å². The van der Waals surface area contributed by atoms with E-state index >= 15 is 0 Å². The highest BCUT2D eigenvalue weighted by atomic mass is 16.7. The van der Waals surface area contributed by atoms with Gasteiger partial charge in [0, 0.05) is 12.7 Å². The maximum atomic E-state index is 5.07. The second kappa shape index (κ2) is 3.27. The molecule has 1 N–H and O–H groups in total. The zero-order valence-electron chi connectivity index (χ0n) is 5.21. The number of nitrogens with one attached hydrogen (secondary N) is 1. The maximum Gasteiger partial charge on any atom is 0.0944 e. The summed E-state index contributed by atoms with van der Waals surface area (Å²) >= 11 is 0. The summed E-state index contributed by atoms with van der Waals surface area (Å²) in [5, 5.41) is 1.57. The van der Waals surface area contributed by atoms with Crippen LogP contribution in [0, 0.1) is 0 Å². The lowest BCUT2D eigenvalue weighted by molar-refractivity contribution is -0.136. The van der Waals surface area contributed by atoms with Gasteiger partial charge in [-0.2, -0.15) is 5.17 Å². The van der Waals surface area contributed by atoms with E-state index in [0.29, 0.717) is 6.61 Å². The number of hydrazine groups is 1. The van der Waals surface area contributed by atoms with Gasteiger partial charge in [0.15, 0.2) is 0 Å². The van der Waals surface area contributed by atoms with E-state index in [1.165, 1.54) is 0 Å². The van der Waals surface area contributed by atoms with Crippen molar-refractivity contribution in [2.75, 3.05) is 13.2 Å². The molecular formula is C6H10N2O. The van der Waals surface area contributed by atoms with E-state index < -0.39 is 0 Å². The number of hydrogen-bond donors (Lipinski definition) is 1. The summed E-state index contributed by atoms with van der Waals surface area (Å²) in [4.78, 5) is 5.07. The molecule has 0 fully saturated rings. The lowest BCUT2D eigenvalue weighted by Crippen LogP contribution is -2.28. The fourth-order valence-corrected chi connectivity index (χ4v) is 0.566. The standard InChI is InChI=1S/C6H10N2O/c1-2-6-9-8-5-3-4-7-8/h2-3,5,7H,1,4,6H2. The molecule has 9 heavy (non-hydrogen) atoms. The third-order valence-corrected chi connectivity index (χ3v) is 0.937. The normalized spacial score (nSPS) is 16.7. The summed E-state index contributed by atoms with van der Waals surface area (Å²) in [6.07, 6.45) is 5.51. The molecule has 3 nitrogen and oxygen atoms in total. The van der Waals surface area contributed by atoms with Crippen LogP contribution in [0.1, 0.15) is 0 Å². The molecule has 0 radical (unpaired) electrons. The number of rotatable bonds is 3. The van der Waals surface area contributed by atoms with Gasteiger partial charge in [-0.1, -0.05) is 6.08 Å². The molecule has 0 unspecified atom stereocenters. The van der Waals surface area contributed by atoms with E-state index in [4.69, 9.17) is 4.84 Å². The highest BCUT2D eigenvalue weighted by Gasteiger charge is 1.99. The third-order valence-electron chi connectivity index (χ3n) is 0.937. The van der Waals surface area contributed by atoms with Crippen molar-refractivity contribution in [1.29, 1.82) is 0 Å². The molecule has 0 bridgehead atoms. The average molecular weight is 126 g/mol. The van der Waals surface area contributed by atoms with Crippen molar-refractivity contribution in [2.24, 2.45) is 0 Å². The van der Waals surface area contributed by atoms with Crippen LogP contribution in [0.15, 0.2) is 24.9 Å². The molecule has 1 aliphatic heterocycles. The van der Waals surface area contributed by atoms with Crippen LogP contribution in [0.25, 0.3) is 0 Å². The van der Waals surface area contributed by atoms with Crippen molar-refractivity contribution in [3.63, 3.8) is 0 Å². The summed E-state index contributed by atoms with van der Waals surface area (Å²) in [5.41, 5.74) is 2.94. The molecule has 1 aliphatic rings. The van der Waals surface area contributed by atoms with E-state index in [1.807, 2.05) is 12.3 Å². The van der Waals surface area contributed by atoms with Gasteiger partial charge in [0.1, 0.15) is 0 Å². The van der Waals surface area contributed by atoms with Gasteiger partial charge in [0.25, 0.3) is 0 Å². The molecule has 0 atom stereocenters. The monoisotopic (exact) mass is 126 g/mol. The summed E-state index contributed by atoms with van der Waals surface area (Å²) in [6, 6.07) is 0. The van der Waals surface area contributed by atoms with E-state index in [2.05, 4.69) is 12.0 Å². The third kappa shape index (κ3) is 1.87. The first-order chi connectivity index (χ1) is 4.43. The second-order valence-electron chi connectivity index (χ2n) is 1.66. The topological polar surface area (TPSA) is 24.5 Å². The van der Waals surface area contributed by atoms with Crippen LogP contribution < -0.4 is 5.43 Å². The maximum absolute atomic E-state index is 5.07. The molecular weight excluding hydrogens is 116 g/mol. The zero-order valence-corrected chi connectivity index (χ0v) is 5.21. The summed E-state index contributed by atoms with van der Waals surface area (Å²) in [6.45, 7) is 4.90. The van der Waals surface area contributed by atoms with Crippen molar-refractivity contribution in [3.05, 3.63) is 24.9 Å². The Morgan fingerprint density at radius 2 is 2.78 bits per heavy atom. The van der Waals surface area contributed by atoms with Gasteiger partial charge in [-0.15, -0.1) is 6.58 Å². The fraction of sp³-hybridized carbons (Fsp3) is 0.333. The lowest BCUT2D eigenvalue weighted by Gasteiger charge is -2.12. The van der Waals surface area contributed by atoms with Gasteiger partial charge in [0.2, 0.25) is 0 Å². The molecule has 0 saturated carbocycles. The number of nitrogens with zero attached hydrogens (tertiary/aromatic N) is 1. The Hall–Kier alpha value is -0.800. The predicted molar refractivity (Wildman–Crippen MR) is 35.1 cm³/mol. The molecule has 0 aromatic carbocycles. The highest BCUT2D eigenvalue weighted by molar-refractivity contribution is 4.85. The van der Waals surface area contributed by atoms with Crippen LogP contribution in [0.3, 0.4) is 0 Å². The summed E-state index contributed by atoms with van der Waals surface area (Å²) in [5.74, 6) is 0. The van der Waals surface area contributed by atoms with Gasteiger partial charge < -0.3 is 0 Å². The van der Waals surface area contributed by atoms with Crippen molar-refractivity contribution in [1.82, 2.24) is 10.6 Å². The highest BCUT2D eigenvalue weighted by Crippen LogP contribution is 1.92. The first kappa shape index (κ1) is 6.32. The Kier molecular flexibility index (Phi) is 2.30. The Labute approximate surface area is 54.5 Å². The first-order valence-corrected chi connectivity index (χ1v) is 2.86. The van der Waals surface area contributed by atoms with E-state index in [0.717, 1.165) is 6.54 Å². The van der Waals surface area contributed by atoms with E-state index in [1.54, 1.807) is 11.2 Å².